The maximum Gasteiger partial charge on any atom is 0.320 e. The fourth-order valence-corrected chi connectivity index (χ4v) is 7.23. The van der Waals surface area contributed by atoms with Crippen LogP contribution in [-0.2, 0) is 22.6 Å². The molecule has 4 fully saturated rings. The maximum atomic E-state index is 13.4. The molecule has 1 aromatic rings. The van der Waals surface area contributed by atoms with Gasteiger partial charge in [0.2, 0.25) is 11.8 Å². The van der Waals surface area contributed by atoms with Gasteiger partial charge in [-0.3, -0.25) is 9.59 Å². The number of amides is 4. The van der Waals surface area contributed by atoms with Crippen LogP contribution in [0.15, 0.2) is 24.3 Å². The van der Waals surface area contributed by atoms with E-state index in [2.05, 4.69) is 34.1 Å². The molecule has 0 radical (unpaired) electrons. The molecule has 0 N–H and O–H groups in total. The lowest BCUT2D eigenvalue weighted by molar-refractivity contribution is -0.144. The van der Waals surface area contributed by atoms with Gasteiger partial charge in [-0.25, -0.2) is 4.79 Å². The molecule has 2 unspecified atom stereocenters. The summed E-state index contributed by atoms with van der Waals surface area (Å²) >= 11 is 0. The van der Waals surface area contributed by atoms with E-state index in [1.165, 1.54) is 11.1 Å². The van der Waals surface area contributed by atoms with Crippen molar-refractivity contribution in [2.75, 3.05) is 39.3 Å². The molecule has 34 heavy (non-hydrogen) atoms. The molecule has 1 aromatic carbocycles. The number of rotatable bonds is 1. The largest absolute Gasteiger partial charge is 0.339 e. The number of nitrogens with zero attached hydrogens (tertiary/aromatic N) is 4. The second kappa shape index (κ2) is 8.90. The average molecular weight is 465 g/mol. The zero-order chi connectivity index (χ0) is 23.2. The Labute approximate surface area is 202 Å². The van der Waals surface area contributed by atoms with Gasteiger partial charge in [0.05, 0.1) is 0 Å². The topological polar surface area (TPSA) is 64.2 Å². The van der Waals surface area contributed by atoms with E-state index in [9.17, 15) is 14.4 Å². The first-order valence-electron chi connectivity index (χ1n) is 13.3. The maximum absolute atomic E-state index is 13.4. The van der Waals surface area contributed by atoms with Gasteiger partial charge in [0, 0.05) is 64.2 Å². The van der Waals surface area contributed by atoms with Crippen LogP contribution >= 0.6 is 0 Å². The number of hydrogen-bond donors (Lipinski definition) is 0. The summed E-state index contributed by atoms with van der Waals surface area (Å²) < 4.78 is 0. The number of benzene rings is 1. The van der Waals surface area contributed by atoms with E-state index in [4.69, 9.17) is 0 Å². The molecule has 0 spiro atoms. The second-order valence-corrected chi connectivity index (χ2v) is 11.1. The highest BCUT2D eigenvalue weighted by Gasteiger charge is 2.45. The van der Waals surface area contributed by atoms with E-state index < -0.39 is 0 Å². The summed E-state index contributed by atoms with van der Waals surface area (Å²) in [5.41, 5.74) is 2.63. The molecule has 4 amide bonds. The molecule has 2 bridgehead atoms. The van der Waals surface area contributed by atoms with Crippen molar-refractivity contribution in [2.24, 2.45) is 17.8 Å². The van der Waals surface area contributed by atoms with Crippen molar-refractivity contribution in [3.63, 3.8) is 0 Å². The fourth-order valence-electron chi connectivity index (χ4n) is 7.23. The third-order valence-corrected chi connectivity index (χ3v) is 9.01. The molecule has 0 aromatic heterocycles. The molecule has 6 rings (SSSR count). The summed E-state index contributed by atoms with van der Waals surface area (Å²) in [6.45, 7) is 5.20. The normalized spacial score (nSPS) is 29.5. The van der Waals surface area contributed by atoms with Gasteiger partial charge < -0.3 is 19.6 Å². The second-order valence-electron chi connectivity index (χ2n) is 11.1. The molecule has 5 aliphatic rings. The SMILES string of the molecule is O=C(C1CCN(C(=O)N2CC3CC(C2)[C@H]2CCCC(=O)N2C3)CC1)N1CCc2ccccc2C1. The van der Waals surface area contributed by atoms with E-state index in [0.717, 1.165) is 64.7 Å². The Hall–Kier alpha value is -2.57. The average Bonchev–Trinajstić information content (AvgIpc) is 2.88. The van der Waals surface area contributed by atoms with Gasteiger partial charge in [0.25, 0.3) is 0 Å². The van der Waals surface area contributed by atoms with Gasteiger partial charge in [-0.1, -0.05) is 24.3 Å². The molecule has 7 nitrogen and oxygen atoms in total. The number of fused-ring (bicyclic) bond motifs is 5. The van der Waals surface area contributed by atoms with Crippen LogP contribution in [0.5, 0.6) is 0 Å². The van der Waals surface area contributed by atoms with Crippen LogP contribution < -0.4 is 0 Å². The Bertz CT molecular complexity index is 972. The molecule has 5 aliphatic heterocycles. The van der Waals surface area contributed by atoms with Crippen LogP contribution in [0, 0.1) is 17.8 Å². The minimum Gasteiger partial charge on any atom is -0.339 e. The minimum atomic E-state index is 0.0249. The van der Waals surface area contributed by atoms with Crippen LogP contribution in [0.4, 0.5) is 4.79 Å². The summed E-state index contributed by atoms with van der Waals surface area (Å²) in [7, 11) is 0. The highest BCUT2D eigenvalue weighted by Crippen LogP contribution is 2.38. The molecular weight excluding hydrogens is 428 g/mol. The number of hydrogen-bond acceptors (Lipinski definition) is 3. The Morgan fingerprint density at radius 3 is 2.44 bits per heavy atom. The Morgan fingerprint density at radius 2 is 1.62 bits per heavy atom. The van der Waals surface area contributed by atoms with Gasteiger partial charge in [-0.15, -0.1) is 0 Å². The quantitative estimate of drug-likeness (QED) is 0.642. The molecule has 7 heteroatoms. The monoisotopic (exact) mass is 464 g/mol. The lowest BCUT2D eigenvalue weighted by atomic mass is 9.76. The number of piperidine rings is 4. The lowest BCUT2D eigenvalue weighted by Crippen LogP contribution is -2.62. The van der Waals surface area contributed by atoms with Crippen molar-refractivity contribution in [2.45, 2.75) is 57.5 Å². The Morgan fingerprint density at radius 1 is 0.824 bits per heavy atom. The molecule has 182 valence electrons. The van der Waals surface area contributed by atoms with Gasteiger partial charge in [-0.2, -0.15) is 0 Å². The van der Waals surface area contributed by atoms with Crippen LogP contribution in [0.3, 0.4) is 0 Å². The molecule has 4 saturated heterocycles. The van der Waals surface area contributed by atoms with E-state index >= 15 is 0 Å². The standard InChI is InChI=1S/C27H36N4O3/c32-25-7-3-6-24-23-14-19(16-31(24)25)15-30(18-23)27(34)28-11-9-21(10-12-28)26(33)29-13-8-20-4-1-2-5-22(20)17-29/h1-2,4-5,19,21,23-24H,3,6-18H2/t19?,23?,24-/m1/s1. The van der Waals surface area contributed by atoms with Crippen molar-refractivity contribution in [3.05, 3.63) is 35.4 Å². The fraction of sp³-hybridized carbons (Fsp3) is 0.667. The van der Waals surface area contributed by atoms with Crippen molar-refractivity contribution in [1.29, 1.82) is 0 Å². The molecular formula is C27H36N4O3. The van der Waals surface area contributed by atoms with Crippen LogP contribution in [0.1, 0.15) is 49.7 Å². The van der Waals surface area contributed by atoms with Gasteiger partial charge >= 0.3 is 6.03 Å². The first-order valence-corrected chi connectivity index (χ1v) is 13.3. The summed E-state index contributed by atoms with van der Waals surface area (Å²) in [5, 5.41) is 0. The van der Waals surface area contributed by atoms with E-state index in [1.807, 2.05) is 9.80 Å². The summed E-state index contributed by atoms with van der Waals surface area (Å²) in [6, 6.07) is 8.89. The van der Waals surface area contributed by atoms with E-state index in [-0.39, 0.29) is 17.9 Å². The Balaban J connectivity index is 1.03. The molecule has 5 heterocycles. The van der Waals surface area contributed by atoms with Crippen molar-refractivity contribution < 1.29 is 14.4 Å². The predicted octanol–water partition coefficient (Wildman–Crippen LogP) is 2.74. The van der Waals surface area contributed by atoms with Crippen LogP contribution in [0.2, 0.25) is 0 Å². The number of likely N-dealkylation sites (tertiary alicyclic amines) is 2. The zero-order valence-corrected chi connectivity index (χ0v) is 20.0. The number of carbonyl (C=O) groups excluding carboxylic acids is 3. The van der Waals surface area contributed by atoms with E-state index in [0.29, 0.717) is 49.8 Å². The number of carbonyl (C=O) groups is 3. The molecule has 0 aliphatic carbocycles. The third-order valence-electron chi connectivity index (χ3n) is 9.01. The van der Waals surface area contributed by atoms with Crippen molar-refractivity contribution >= 4 is 17.8 Å². The van der Waals surface area contributed by atoms with Gasteiger partial charge in [0.15, 0.2) is 0 Å². The number of urea groups is 1. The van der Waals surface area contributed by atoms with Crippen molar-refractivity contribution in [1.82, 2.24) is 19.6 Å². The highest BCUT2D eigenvalue weighted by molar-refractivity contribution is 5.80. The summed E-state index contributed by atoms with van der Waals surface area (Å²) in [4.78, 5) is 47.2. The summed E-state index contributed by atoms with van der Waals surface area (Å²) in [6.07, 6.45) is 6.35. The first-order chi connectivity index (χ1) is 16.6. The van der Waals surface area contributed by atoms with Crippen molar-refractivity contribution in [3.8, 4) is 0 Å². The first kappa shape index (κ1) is 21.9. The smallest absolute Gasteiger partial charge is 0.320 e. The van der Waals surface area contributed by atoms with Gasteiger partial charge in [0.1, 0.15) is 0 Å². The molecule has 0 saturated carbocycles. The minimum absolute atomic E-state index is 0.0249. The van der Waals surface area contributed by atoms with Crippen LogP contribution in [0.25, 0.3) is 0 Å². The lowest BCUT2D eigenvalue weighted by Gasteiger charge is -2.53. The third kappa shape index (κ3) is 3.97. The molecule has 3 atom stereocenters. The predicted molar refractivity (Wildman–Crippen MR) is 128 cm³/mol. The van der Waals surface area contributed by atoms with E-state index in [1.54, 1.807) is 0 Å². The zero-order valence-electron chi connectivity index (χ0n) is 20.0. The van der Waals surface area contributed by atoms with Gasteiger partial charge in [-0.05, 0) is 61.5 Å². The highest BCUT2D eigenvalue weighted by atomic mass is 16.2. The summed E-state index contributed by atoms with van der Waals surface area (Å²) in [5.74, 6) is 1.42. The Kier molecular flexibility index (Phi) is 5.74. The van der Waals surface area contributed by atoms with Crippen LogP contribution in [-0.4, -0.2) is 82.8 Å².